The van der Waals surface area contributed by atoms with Crippen LogP contribution in [0.2, 0.25) is 5.02 Å². The molecule has 0 atom stereocenters. The van der Waals surface area contributed by atoms with E-state index in [2.05, 4.69) is 16.0 Å². The summed E-state index contributed by atoms with van der Waals surface area (Å²) in [7, 11) is 0. The molecule has 0 radical (unpaired) electrons. The molecular formula is C19H20ClN3O4. The molecule has 0 bridgehead atoms. The summed E-state index contributed by atoms with van der Waals surface area (Å²) in [5.41, 5.74) is 6.63. The topological polar surface area (TPSA) is 104 Å². The number of furan rings is 1. The molecule has 0 saturated heterocycles. The van der Waals surface area contributed by atoms with Gasteiger partial charge in [0.15, 0.2) is 5.76 Å². The molecule has 1 aliphatic carbocycles. The highest BCUT2D eigenvalue weighted by atomic mass is 35.5. The van der Waals surface area contributed by atoms with Crippen molar-refractivity contribution in [3.63, 3.8) is 0 Å². The molecule has 27 heavy (non-hydrogen) atoms. The van der Waals surface area contributed by atoms with Gasteiger partial charge in [-0.05, 0) is 43.0 Å². The molecule has 0 unspecified atom stereocenters. The van der Waals surface area contributed by atoms with E-state index in [0.717, 1.165) is 0 Å². The smallest absolute Gasteiger partial charge is 0.305 e. The Hall–Kier alpha value is -2.80. The molecule has 8 heteroatoms. The summed E-state index contributed by atoms with van der Waals surface area (Å²) in [6, 6.07) is 6.26. The summed E-state index contributed by atoms with van der Waals surface area (Å²) in [5, 5.41) is 13.2. The highest BCUT2D eigenvalue weighted by molar-refractivity contribution is 6.30. The Kier molecular flexibility index (Phi) is 4.97. The van der Waals surface area contributed by atoms with Gasteiger partial charge in [-0.3, -0.25) is 20.4 Å². The minimum atomic E-state index is -0.584. The third kappa shape index (κ3) is 3.83. The second-order valence-electron chi connectivity index (χ2n) is 7.33. The van der Waals surface area contributed by atoms with Crippen LogP contribution in [0.15, 0.2) is 33.8 Å². The molecule has 0 spiro atoms. The van der Waals surface area contributed by atoms with Crippen LogP contribution in [0.4, 0.5) is 0 Å². The first-order chi connectivity index (χ1) is 12.7. The minimum Gasteiger partial charge on any atom is -0.455 e. The fourth-order valence-corrected chi connectivity index (χ4v) is 3.39. The van der Waals surface area contributed by atoms with Crippen LogP contribution in [0.3, 0.4) is 0 Å². The minimum absolute atomic E-state index is 0.0789. The van der Waals surface area contributed by atoms with Crippen molar-refractivity contribution in [1.29, 1.82) is 0 Å². The van der Waals surface area contributed by atoms with E-state index in [0.29, 0.717) is 46.0 Å². The monoisotopic (exact) mass is 389 g/mol. The van der Waals surface area contributed by atoms with Gasteiger partial charge in [0.25, 0.3) is 5.91 Å². The molecule has 1 heterocycles. The lowest BCUT2D eigenvalue weighted by atomic mass is 9.75. The maximum Gasteiger partial charge on any atom is 0.305 e. The van der Waals surface area contributed by atoms with Gasteiger partial charge >= 0.3 is 5.91 Å². The van der Waals surface area contributed by atoms with Crippen LogP contribution in [0.25, 0.3) is 0 Å². The van der Waals surface area contributed by atoms with Gasteiger partial charge < -0.3 is 9.62 Å². The van der Waals surface area contributed by atoms with Gasteiger partial charge in [0.1, 0.15) is 5.76 Å². The van der Waals surface area contributed by atoms with Crippen molar-refractivity contribution in [1.82, 2.24) is 10.9 Å². The van der Waals surface area contributed by atoms with Crippen LogP contribution in [0.1, 0.15) is 58.1 Å². The number of hydrogen-bond acceptors (Lipinski definition) is 5. The number of carbonyl (C=O) groups is 2. The number of rotatable bonds is 2. The van der Waals surface area contributed by atoms with Crippen molar-refractivity contribution in [2.24, 2.45) is 10.6 Å². The van der Waals surface area contributed by atoms with E-state index in [1.54, 1.807) is 31.2 Å². The third-order valence-electron chi connectivity index (χ3n) is 4.52. The summed E-state index contributed by atoms with van der Waals surface area (Å²) < 4.78 is 5.75. The number of benzene rings is 1. The van der Waals surface area contributed by atoms with Crippen molar-refractivity contribution >= 4 is 29.1 Å². The highest BCUT2D eigenvalue weighted by Gasteiger charge is 2.36. The number of nitrogens with zero attached hydrogens (tertiary/aromatic N) is 1. The summed E-state index contributed by atoms with van der Waals surface area (Å²) in [5.74, 6) is -0.381. The van der Waals surface area contributed by atoms with Crippen LogP contribution in [0, 0.1) is 12.3 Å². The van der Waals surface area contributed by atoms with E-state index >= 15 is 0 Å². The molecule has 2 amide bonds. The van der Waals surface area contributed by atoms with Gasteiger partial charge in [-0.1, -0.05) is 30.6 Å². The fraction of sp³-hybridized carbons (Fsp3) is 0.316. The van der Waals surface area contributed by atoms with Crippen molar-refractivity contribution < 1.29 is 19.2 Å². The van der Waals surface area contributed by atoms with Crippen molar-refractivity contribution in [3.05, 3.63) is 57.5 Å². The molecule has 3 rings (SSSR count). The molecule has 2 aromatic rings. The zero-order chi connectivity index (χ0) is 19.8. The first-order valence-electron chi connectivity index (χ1n) is 8.41. The van der Waals surface area contributed by atoms with Gasteiger partial charge in [-0.25, -0.2) is 0 Å². The number of oxime groups is 1. The highest BCUT2D eigenvalue weighted by Crippen LogP contribution is 2.38. The molecule has 1 aliphatic rings. The Morgan fingerprint density at radius 1 is 1.15 bits per heavy atom. The van der Waals surface area contributed by atoms with Crippen molar-refractivity contribution in [2.75, 3.05) is 0 Å². The Morgan fingerprint density at radius 2 is 1.78 bits per heavy atom. The summed E-state index contributed by atoms with van der Waals surface area (Å²) in [6.45, 7) is 5.79. The first kappa shape index (κ1) is 19.0. The number of hydrazine groups is 1. The molecule has 1 aromatic heterocycles. The Bertz CT molecular complexity index is 929. The number of hydrogen-bond donors (Lipinski definition) is 3. The number of carbonyl (C=O) groups excluding carboxylic acids is 2. The summed E-state index contributed by atoms with van der Waals surface area (Å²) in [4.78, 5) is 24.6. The first-order valence-corrected chi connectivity index (χ1v) is 8.79. The molecular weight excluding hydrogens is 370 g/mol. The van der Waals surface area contributed by atoms with E-state index in [4.69, 9.17) is 16.0 Å². The second kappa shape index (κ2) is 7.08. The number of halogens is 1. The molecule has 142 valence electrons. The Balaban J connectivity index is 1.77. The maximum atomic E-state index is 12.5. The van der Waals surface area contributed by atoms with Gasteiger partial charge in [0.2, 0.25) is 0 Å². The van der Waals surface area contributed by atoms with Gasteiger partial charge in [-0.15, -0.1) is 0 Å². The number of fused-ring (bicyclic) bond motifs is 1. The molecule has 0 fully saturated rings. The fourth-order valence-electron chi connectivity index (χ4n) is 3.26. The van der Waals surface area contributed by atoms with Crippen LogP contribution < -0.4 is 10.9 Å². The number of nitrogens with one attached hydrogen (secondary N) is 2. The Morgan fingerprint density at radius 3 is 2.41 bits per heavy atom. The molecule has 3 N–H and O–H groups in total. The predicted octanol–water partition coefficient (Wildman–Crippen LogP) is 3.47. The zero-order valence-corrected chi connectivity index (χ0v) is 16.0. The Labute approximate surface area is 161 Å². The normalized spacial score (nSPS) is 16.7. The van der Waals surface area contributed by atoms with E-state index in [1.165, 1.54) is 0 Å². The quantitative estimate of drug-likeness (QED) is 0.540. The molecule has 7 nitrogen and oxygen atoms in total. The van der Waals surface area contributed by atoms with Crippen LogP contribution in [0.5, 0.6) is 0 Å². The largest absolute Gasteiger partial charge is 0.455 e. The predicted molar refractivity (Wildman–Crippen MR) is 100 cm³/mol. The van der Waals surface area contributed by atoms with Crippen LogP contribution in [-0.2, 0) is 6.42 Å². The lowest BCUT2D eigenvalue weighted by molar-refractivity contribution is 0.0828. The van der Waals surface area contributed by atoms with E-state index in [1.807, 2.05) is 13.8 Å². The lowest BCUT2D eigenvalue weighted by Gasteiger charge is -2.28. The molecule has 1 aromatic carbocycles. The van der Waals surface area contributed by atoms with Gasteiger partial charge in [0, 0.05) is 28.1 Å². The zero-order valence-electron chi connectivity index (χ0n) is 15.2. The standard InChI is InChI=1S/C19H20ClN3O4/c1-10-15-13(23-26)8-19(2,3)9-14(15)27-16(10)18(25)22-21-17(24)11-4-6-12(20)7-5-11/h4-7,26H,8-9H2,1-3H3,(H,21,24)(H,22,25)/b23-13-. The van der Waals surface area contributed by atoms with E-state index in [-0.39, 0.29) is 11.2 Å². The second-order valence-corrected chi connectivity index (χ2v) is 7.77. The van der Waals surface area contributed by atoms with Crippen LogP contribution >= 0.6 is 11.6 Å². The summed E-state index contributed by atoms with van der Waals surface area (Å²) >= 11 is 5.79. The van der Waals surface area contributed by atoms with E-state index < -0.39 is 11.8 Å². The van der Waals surface area contributed by atoms with Crippen molar-refractivity contribution in [3.8, 4) is 0 Å². The third-order valence-corrected chi connectivity index (χ3v) is 4.77. The van der Waals surface area contributed by atoms with Crippen LogP contribution in [-0.4, -0.2) is 22.7 Å². The molecule has 0 aliphatic heterocycles. The van der Waals surface area contributed by atoms with Gasteiger partial charge in [0.05, 0.1) is 5.71 Å². The average Bonchev–Trinajstić information content (AvgIpc) is 2.94. The van der Waals surface area contributed by atoms with Gasteiger partial charge in [-0.2, -0.15) is 0 Å². The summed E-state index contributed by atoms with van der Waals surface area (Å²) in [6.07, 6.45) is 1.19. The maximum absolute atomic E-state index is 12.5. The average molecular weight is 390 g/mol. The van der Waals surface area contributed by atoms with Crippen molar-refractivity contribution in [2.45, 2.75) is 33.6 Å². The lowest BCUT2D eigenvalue weighted by Crippen LogP contribution is -2.41. The van der Waals surface area contributed by atoms with E-state index in [9.17, 15) is 14.8 Å². The SMILES string of the molecule is Cc1c(C(=O)NNC(=O)c2ccc(Cl)cc2)oc2c1/C(=N\O)CC(C)(C)C2. The molecule has 0 saturated carbocycles. The number of amides is 2.